The molecule has 2 aromatic rings. The highest BCUT2D eigenvalue weighted by molar-refractivity contribution is 6.61. The Morgan fingerprint density at radius 2 is 1.21 bits per heavy atom. The van der Waals surface area contributed by atoms with Crippen LogP contribution in [0.3, 0.4) is 0 Å². The molecule has 4 rings (SSSR count). The summed E-state index contributed by atoms with van der Waals surface area (Å²) < 4.78 is 14.5. The summed E-state index contributed by atoms with van der Waals surface area (Å²) in [7, 11) is 0. The van der Waals surface area contributed by atoms with E-state index in [1.54, 1.807) is 6.92 Å². The fourth-order valence-electron chi connectivity index (χ4n) is 4.24. The predicted molar refractivity (Wildman–Crippen MR) is 152 cm³/mol. The zero-order chi connectivity index (χ0) is 30.9. The molecule has 0 bridgehead atoms. The topological polar surface area (TPSA) is 166 Å². The zero-order valence-electron chi connectivity index (χ0n) is 23.4. The van der Waals surface area contributed by atoms with E-state index in [9.17, 15) is 24.0 Å². The van der Waals surface area contributed by atoms with Gasteiger partial charge in [-0.05, 0) is 43.7 Å². The smallest absolute Gasteiger partial charge is 0.410 e. The molecule has 2 atom stereocenters. The van der Waals surface area contributed by atoms with Crippen LogP contribution in [0.2, 0.25) is 0 Å². The van der Waals surface area contributed by atoms with Crippen molar-refractivity contribution >= 4 is 41.1 Å². The third kappa shape index (κ3) is 11.7. The van der Waals surface area contributed by atoms with Crippen LogP contribution in [0.25, 0.3) is 0 Å². The summed E-state index contributed by atoms with van der Waals surface area (Å²) in [5.41, 5.74) is 6.31. The van der Waals surface area contributed by atoms with E-state index < -0.39 is 41.6 Å². The van der Waals surface area contributed by atoms with Gasteiger partial charge in [0.1, 0.15) is 25.3 Å². The minimum Gasteiger partial charge on any atom is -0.480 e. The number of ether oxygens (including phenoxy) is 3. The Morgan fingerprint density at radius 3 is 1.57 bits per heavy atom. The molecule has 13 heteroatoms. The lowest BCUT2D eigenvalue weighted by Crippen LogP contribution is -2.43. The van der Waals surface area contributed by atoms with Gasteiger partial charge in [0, 0.05) is 24.7 Å². The second kappa shape index (κ2) is 18.2. The number of primary amides is 1. The van der Waals surface area contributed by atoms with E-state index in [0.717, 1.165) is 17.5 Å². The molecule has 0 radical (unpaired) electrons. The van der Waals surface area contributed by atoms with Crippen LogP contribution in [0.15, 0.2) is 60.7 Å². The molecule has 2 fully saturated rings. The van der Waals surface area contributed by atoms with Gasteiger partial charge in [0.15, 0.2) is 0 Å². The van der Waals surface area contributed by atoms with Gasteiger partial charge in [-0.25, -0.2) is 19.2 Å². The average Bonchev–Trinajstić information content (AvgIpc) is 3.67. The van der Waals surface area contributed by atoms with E-state index in [1.165, 1.54) is 9.80 Å². The molecular formula is C29H36ClN3O9. The van der Waals surface area contributed by atoms with E-state index in [4.69, 9.17) is 31.9 Å². The highest BCUT2D eigenvalue weighted by Crippen LogP contribution is 2.19. The number of aliphatic carboxylic acids is 1. The van der Waals surface area contributed by atoms with Crippen molar-refractivity contribution in [2.45, 2.75) is 57.9 Å². The number of rotatable bonds is 7. The summed E-state index contributed by atoms with van der Waals surface area (Å²) >= 11 is 4.72. The molecule has 12 nitrogen and oxygen atoms in total. The summed E-state index contributed by atoms with van der Waals surface area (Å²) in [5.74, 6) is -1.44. The average molecular weight is 606 g/mol. The number of benzene rings is 2. The SMILES string of the molecule is CCOC(=O)Cl.NC(=O)[C@@H]1CCCN1C(=O)OCc1ccccc1.O=C(O)[C@@H]1CCCN1C(=O)OCc1ccccc1. The molecule has 0 spiro atoms. The molecule has 2 saturated heterocycles. The number of hydrogen-bond donors (Lipinski definition) is 2. The summed E-state index contributed by atoms with van der Waals surface area (Å²) in [6.07, 6.45) is 1.58. The van der Waals surface area contributed by atoms with Crippen molar-refractivity contribution < 1.29 is 43.3 Å². The zero-order valence-corrected chi connectivity index (χ0v) is 24.1. The Bertz CT molecular complexity index is 1080. The van der Waals surface area contributed by atoms with Crippen LogP contribution in [0.1, 0.15) is 43.7 Å². The van der Waals surface area contributed by atoms with E-state index in [-0.39, 0.29) is 13.2 Å². The van der Waals surface area contributed by atoms with E-state index in [0.29, 0.717) is 39.0 Å². The van der Waals surface area contributed by atoms with Gasteiger partial charge in [0.25, 0.3) is 0 Å². The number of nitrogens with zero attached hydrogens (tertiary/aromatic N) is 2. The number of halogens is 1. The standard InChI is InChI=1S/C13H16N2O3.C13H15NO4.C3H5ClO2/c14-12(16)11-7-4-8-15(11)13(17)18-9-10-5-2-1-3-6-10;15-12(16)11-7-4-8-14(11)13(17)18-9-10-5-2-1-3-6-10;1-2-6-3(4)5/h1-3,5-6,11H,4,7-9H2,(H2,14,16);1-3,5-6,11H,4,7-9H2,(H,15,16);2H2,1H3/t2*11-;/m00./s1. The van der Waals surface area contributed by atoms with Crippen LogP contribution in [0.4, 0.5) is 14.4 Å². The van der Waals surface area contributed by atoms with Crippen molar-refractivity contribution in [1.29, 1.82) is 0 Å². The number of nitrogens with two attached hydrogens (primary N) is 1. The van der Waals surface area contributed by atoms with Crippen molar-refractivity contribution in [3.8, 4) is 0 Å². The maximum atomic E-state index is 11.8. The molecule has 2 aromatic carbocycles. The van der Waals surface area contributed by atoms with Gasteiger partial charge in [-0.1, -0.05) is 60.7 Å². The highest BCUT2D eigenvalue weighted by atomic mass is 35.5. The first-order valence-corrected chi connectivity index (χ1v) is 13.8. The number of amides is 3. The number of likely N-dealkylation sites (tertiary alicyclic amines) is 2. The van der Waals surface area contributed by atoms with E-state index in [1.807, 2.05) is 60.7 Å². The fraction of sp³-hybridized carbons (Fsp3) is 0.414. The fourth-order valence-corrected chi connectivity index (χ4v) is 4.35. The van der Waals surface area contributed by atoms with Gasteiger partial charge in [0.05, 0.1) is 6.61 Å². The molecule has 0 aliphatic carbocycles. The summed E-state index contributed by atoms with van der Waals surface area (Å²) in [4.78, 5) is 58.0. The quantitative estimate of drug-likeness (QED) is 0.340. The molecular weight excluding hydrogens is 570 g/mol. The van der Waals surface area contributed by atoms with Gasteiger partial charge in [-0.15, -0.1) is 0 Å². The maximum absolute atomic E-state index is 11.8. The number of carbonyl (C=O) groups excluding carboxylic acids is 4. The molecule has 2 aliphatic heterocycles. The number of carboxylic acids is 1. The van der Waals surface area contributed by atoms with Crippen molar-refractivity contribution in [2.24, 2.45) is 5.73 Å². The molecule has 2 heterocycles. The van der Waals surface area contributed by atoms with Crippen LogP contribution >= 0.6 is 11.6 Å². The van der Waals surface area contributed by atoms with Gasteiger partial charge < -0.3 is 25.1 Å². The maximum Gasteiger partial charge on any atom is 0.410 e. The molecule has 0 aromatic heterocycles. The van der Waals surface area contributed by atoms with Crippen LogP contribution in [-0.4, -0.2) is 76.2 Å². The van der Waals surface area contributed by atoms with Crippen molar-refractivity contribution in [2.75, 3.05) is 19.7 Å². The Balaban J connectivity index is 0.000000247. The third-order valence-electron chi connectivity index (χ3n) is 6.26. The third-order valence-corrected chi connectivity index (χ3v) is 6.37. The Kier molecular flexibility index (Phi) is 14.7. The number of carboxylic acid groups (broad SMARTS) is 1. The molecule has 0 unspecified atom stereocenters. The van der Waals surface area contributed by atoms with Gasteiger partial charge in [-0.3, -0.25) is 14.6 Å². The largest absolute Gasteiger partial charge is 0.480 e. The summed E-state index contributed by atoms with van der Waals surface area (Å²) in [5, 5.41) is 8.97. The molecule has 228 valence electrons. The Hall–Kier alpha value is -4.32. The lowest BCUT2D eigenvalue weighted by Gasteiger charge is -2.21. The van der Waals surface area contributed by atoms with E-state index >= 15 is 0 Å². The Morgan fingerprint density at radius 1 is 0.786 bits per heavy atom. The van der Waals surface area contributed by atoms with Crippen LogP contribution in [0, 0.1) is 0 Å². The first-order chi connectivity index (χ1) is 20.1. The van der Waals surface area contributed by atoms with Crippen LogP contribution in [-0.2, 0) is 37.0 Å². The molecule has 42 heavy (non-hydrogen) atoms. The van der Waals surface area contributed by atoms with Gasteiger partial charge in [-0.2, -0.15) is 0 Å². The van der Waals surface area contributed by atoms with Crippen molar-refractivity contribution in [3.05, 3.63) is 71.8 Å². The number of carbonyl (C=O) groups is 5. The minimum atomic E-state index is -0.968. The summed E-state index contributed by atoms with van der Waals surface area (Å²) in [6, 6.07) is 17.5. The van der Waals surface area contributed by atoms with Crippen LogP contribution in [0.5, 0.6) is 0 Å². The number of hydrogen-bond acceptors (Lipinski definition) is 8. The molecule has 2 aliphatic rings. The first-order valence-electron chi connectivity index (χ1n) is 13.4. The van der Waals surface area contributed by atoms with Crippen molar-refractivity contribution in [1.82, 2.24) is 9.80 Å². The lowest BCUT2D eigenvalue weighted by atomic mass is 10.2. The minimum absolute atomic E-state index is 0.169. The monoisotopic (exact) mass is 605 g/mol. The molecule has 0 saturated carbocycles. The van der Waals surface area contributed by atoms with E-state index in [2.05, 4.69) is 4.74 Å². The lowest BCUT2D eigenvalue weighted by molar-refractivity contribution is -0.141. The molecule has 3 N–H and O–H groups in total. The summed E-state index contributed by atoms with van der Waals surface area (Å²) in [6.45, 7) is 3.40. The second-order valence-electron chi connectivity index (χ2n) is 9.19. The second-order valence-corrected chi connectivity index (χ2v) is 9.50. The van der Waals surface area contributed by atoms with Crippen LogP contribution < -0.4 is 5.73 Å². The van der Waals surface area contributed by atoms with Crippen molar-refractivity contribution in [3.63, 3.8) is 0 Å². The highest BCUT2D eigenvalue weighted by Gasteiger charge is 2.35. The Labute approximate surface area is 249 Å². The van der Waals surface area contributed by atoms with Gasteiger partial charge in [0.2, 0.25) is 5.91 Å². The normalized spacial score (nSPS) is 17.1. The first kappa shape index (κ1) is 33.9. The van der Waals surface area contributed by atoms with Gasteiger partial charge >= 0.3 is 23.6 Å². The predicted octanol–water partition coefficient (Wildman–Crippen LogP) is 4.53. The molecule has 3 amide bonds.